The third-order valence-corrected chi connectivity index (χ3v) is 3.89. The summed E-state index contributed by atoms with van der Waals surface area (Å²) in [7, 11) is 7.05. The Morgan fingerprint density at radius 2 is 1.71 bits per heavy atom. The maximum absolute atomic E-state index is 11.4. The summed E-state index contributed by atoms with van der Waals surface area (Å²) in [6.45, 7) is 1.89. The molecule has 0 N–H and O–H groups in total. The number of rotatable bonds is 5. The van der Waals surface area contributed by atoms with Crippen LogP contribution < -0.4 is 9.64 Å². The molecule has 126 valence electrons. The molecule has 0 aliphatic rings. The lowest BCUT2D eigenvalue weighted by Gasteiger charge is -2.15. The molecule has 2 aromatic rings. The summed E-state index contributed by atoms with van der Waals surface area (Å²) in [5.74, 6) is 0.433. The zero-order valence-electron chi connectivity index (χ0n) is 14.8. The van der Waals surface area contributed by atoms with Gasteiger partial charge in [-0.1, -0.05) is 18.2 Å². The summed E-state index contributed by atoms with van der Waals surface area (Å²) in [5.41, 5.74) is 4.97. The van der Waals surface area contributed by atoms with Gasteiger partial charge in [0.05, 0.1) is 14.2 Å². The SMILES string of the molecule is COC(=O)/C=C(\C)c1ccc(OC)c(-c2ccc(N(C)C)cc2)c1. The lowest BCUT2D eigenvalue weighted by molar-refractivity contribution is -0.134. The van der Waals surface area contributed by atoms with Crippen LogP contribution in [-0.4, -0.2) is 34.3 Å². The van der Waals surface area contributed by atoms with Gasteiger partial charge in [0.15, 0.2) is 0 Å². The van der Waals surface area contributed by atoms with E-state index in [1.165, 1.54) is 13.2 Å². The monoisotopic (exact) mass is 325 g/mol. The lowest BCUT2D eigenvalue weighted by Crippen LogP contribution is -2.07. The molecule has 2 rings (SSSR count). The molecule has 0 aliphatic heterocycles. The number of carbonyl (C=O) groups is 1. The minimum Gasteiger partial charge on any atom is -0.496 e. The number of anilines is 1. The largest absolute Gasteiger partial charge is 0.496 e. The molecule has 4 nitrogen and oxygen atoms in total. The minimum atomic E-state index is -0.361. The Kier molecular flexibility index (Phi) is 5.64. The summed E-state index contributed by atoms with van der Waals surface area (Å²) in [6.07, 6.45) is 1.49. The van der Waals surface area contributed by atoms with Crippen molar-refractivity contribution in [2.45, 2.75) is 6.92 Å². The highest BCUT2D eigenvalue weighted by atomic mass is 16.5. The van der Waals surface area contributed by atoms with Crippen molar-refractivity contribution in [2.24, 2.45) is 0 Å². The molecule has 0 radical (unpaired) electrons. The molecule has 0 atom stereocenters. The fourth-order valence-corrected chi connectivity index (χ4v) is 2.44. The van der Waals surface area contributed by atoms with Crippen LogP contribution in [0.5, 0.6) is 5.75 Å². The Labute approximate surface area is 143 Å². The first-order valence-corrected chi connectivity index (χ1v) is 7.68. The van der Waals surface area contributed by atoms with Gasteiger partial charge in [-0.3, -0.25) is 0 Å². The van der Waals surface area contributed by atoms with Crippen molar-refractivity contribution in [3.8, 4) is 16.9 Å². The summed E-state index contributed by atoms with van der Waals surface area (Å²) in [4.78, 5) is 13.5. The summed E-state index contributed by atoms with van der Waals surface area (Å²) in [5, 5.41) is 0. The maximum atomic E-state index is 11.4. The van der Waals surface area contributed by atoms with E-state index in [2.05, 4.69) is 29.2 Å². The van der Waals surface area contributed by atoms with Crippen LogP contribution in [0.2, 0.25) is 0 Å². The second-order valence-corrected chi connectivity index (χ2v) is 5.71. The van der Waals surface area contributed by atoms with Crippen LogP contribution in [-0.2, 0) is 9.53 Å². The van der Waals surface area contributed by atoms with Crippen LogP contribution in [0.1, 0.15) is 12.5 Å². The smallest absolute Gasteiger partial charge is 0.330 e. The van der Waals surface area contributed by atoms with Crippen LogP contribution in [0.25, 0.3) is 16.7 Å². The predicted molar refractivity (Wildman–Crippen MR) is 98.4 cm³/mol. The average molecular weight is 325 g/mol. The Morgan fingerprint density at radius 3 is 2.25 bits per heavy atom. The highest BCUT2D eigenvalue weighted by Gasteiger charge is 2.09. The minimum absolute atomic E-state index is 0.361. The Hall–Kier alpha value is -2.75. The van der Waals surface area contributed by atoms with Crippen molar-refractivity contribution in [3.05, 3.63) is 54.1 Å². The van der Waals surface area contributed by atoms with Gasteiger partial charge in [0, 0.05) is 31.4 Å². The number of ether oxygens (including phenoxy) is 2. The van der Waals surface area contributed by atoms with Crippen molar-refractivity contribution in [3.63, 3.8) is 0 Å². The molecule has 0 amide bonds. The zero-order chi connectivity index (χ0) is 17.7. The van der Waals surface area contributed by atoms with E-state index in [9.17, 15) is 4.79 Å². The number of nitrogens with zero attached hydrogens (tertiary/aromatic N) is 1. The molecule has 0 unspecified atom stereocenters. The zero-order valence-corrected chi connectivity index (χ0v) is 14.8. The molecule has 2 aromatic carbocycles. The number of esters is 1. The highest BCUT2D eigenvalue weighted by Crippen LogP contribution is 2.33. The van der Waals surface area contributed by atoms with Gasteiger partial charge >= 0.3 is 5.97 Å². The van der Waals surface area contributed by atoms with Crippen molar-refractivity contribution in [2.75, 3.05) is 33.2 Å². The van der Waals surface area contributed by atoms with E-state index >= 15 is 0 Å². The number of benzene rings is 2. The van der Waals surface area contributed by atoms with E-state index in [1.54, 1.807) is 7.11 Å². The van der Waals surface area contributed by atoms with Crippen LogP contribution in [0.15, 0.2) is 48.5 Å². The van der Waals surface area contributed by atoms with Gasteiger partial charge in [0.25, 0.3) is 0 Å². The third kappa shape index (κ3) is 3.96. The van der Waals surface area contributed by atoms with Gasteiger partial charge in [-0.25, -0.2) is 4.79 Å². The molecule has 0 bridgehead atoms. The summed E-state index contributed by atoms with van der Waals surface area (Å²) in [6, 6.07) is 14.1. The quantitative estimate of drug-likeness (QED) is 0.615. The first-order chi connectivity index (χ1) is 11.5. The Balaban J connectivity index is 2.46. The molecule has 0 heterocycles. The Bertz CT molecular complexity index is 746. The van der Waals surface area contributed by atoms with Gasteiger partial charge in [-0.15, -0.1) is 0 Å². The third-order valence-electron chi connectivity index (χ3n) is 3.89. The van der Waals surface area contributed by atoms with Crippen LogP contribution in [0.3, 0.4) is 0 Å². The normalized spacial score (nSPS) is 11.1. The van der Waals surface area contributed by atoms with E-state index in [4.69, 9.17) is 9.47 Å². The van der Waals surface area contributed by atoms with E-state index in [0.29, 0.717) is 0 Å². The standard InChI is InChI=1S/C20H23NO3/c1-14(12-20(22)24-5)16-8-11-19(23-4)18(13-16)15-6-9-17(10-7-15)21(2)3/h6-13H,1-5H3/b14-12+. The molecule has 0 aliphatic carbocycles. The van der Waals surface area contributed by atoms with E-state index < -0.39 is 0 Å². The molecule has 4 heteroatoms. The molecular weight excluding hydrogens is 302 g/mol. The van der Waals surface area contributed by atoms with Gasteiger partial charge in [-0.2, -0.15) is 0 Å². The van der Waals surface area contributed by atoms with Crippen molar-refractivity contribution >= 4 is 17.2 Å². The average Bonchev–Trinajstić information content (AvgIpc) is 2.61. The molecular formula is C20H23NO3. The Morgan fingerprint density at radius 1 is 1.04 bits per heavy atom. The maximum Gasteiger partial charge on any atom is 0.330 e. The molecule has 24 heavy (non-hydrogen) atoms. The van der Waals surface area contributed by atoms with Crippen molar-refractivity contribution in [1.29, 1.82) is 0 Å². The lowest BCUT2D eigenvalue weighted by atomic mass is 9.98. The van der Waals surface area contributed by atoms with Crippen molar-refractivity contribution in [1.82, 2.24) is 0 Å². The number of allylic oxidation sites excluding steroid dienone is 1. The number of hydrogen-bond donors (Lipinski definition) is 0. The summed E-state index contributed by atoms with van der Waals surface area (Å²) >= 11 is 0. The van der Waals surface area contributed by atoms with Gasteiger partial charge in [0.1, 0.15) is 5.75 Å². The fourth-order valence-electron chi connectivity index (χ4n) is 2.44. The van der Waals surface area contributed by atoms with Crippen LogP contribution in [0, 0.1) is 0 Å². The summed E-state index contributed by atoms with van der Waals surface area (Å²) < 4.78 is 10.2. The molecule has 0 fully saturated rings. The first kappa shape index (κ1) is 17.6. The van der Waals surface area contributed by atoms with E-state index in [0.717, 1.165) is 33.7 Å². The second-order valence-electron chi connectivity index (χ2n) is 5.71. The predicted octanol–water partition coefficient (Wildman–Crippen LogP) is 4.00. The van der Waals surface area contributed by atoms with Crippen LogP contribution in [0.4, 0.5) is 5.69 Å². The number of carbonyl (C=O) groups excluding carboxylic acids is 1. The second kappa shape index (κ2) is 7.68. The molecule has 0 saturated heterocycles. The number of methoxy groups -OCH3 is 2. The first-order valence-electron chi connectivity index (χ1n) is 7.68. The van der Waals surface area contributed by atoms with Crippen LogP contribution >= 0.6 is 0 Å². The molecule has 0 saturated carbocycles. The van der Waals surface area contributed by atoms with E-state index in [1.807, 2.05) is 39.2 Å². The molecule has 0 spiro atoms. The van der Waals surface area contributed by atoms with E-state index in [-0.39, 0.29) is 5.97 Å². The highest BCUT2D eigenvalue weighted by molar-refractivity contribution is 5.91. The topological polar surface area (TPSA) is 38.8 Å². The fraction of sp³-hybridized carbons (Fsp3) is 0.250. The van der Waals surface area contributed by atoms with Crippen molar-refractivity contribution < 1.29 is 14.3 Å². The van der Waals surface area contributed by atoms with Gasteiger partial charge in [0.2, 0.25) is 0 Å². The van der Waals surface area contributed by atoms with Gasteiger partial charge in [-0.05, 0) is 47.9 Å². The molecule has 0 aromatic heterocycles. The van der Waals surface area contributed by atoms with Gasteiger partial charge < -0.3 is 14.4 Å². The number of hydrogen-bond acceptors (Lipinski definition) is 4.